The van der Waals surface area contributed by atoms with Crippen LogP contribution in [0.1, 0.15) is 32.3 Å². The van der Waals surface area contributed by atoms with Crippen molar-refractivity contribution in [1.82, 2.24) is 24.9 Å². The second kappa shape index (κ2) is 8.85. The van der Waals surface area contributed by atoms with Crippen molar-refractivity contribution in [3.8, 4) is 34.8 Å². The van der Waals surface area contributed by atoms with Crippen LogP contribution in [0.2, 0.25) is 0 Å². The average Bonchev–Trinajstić information content (AvgIpc) is 3.41. The standard InChI is InChI=1S/C22H20N6O4/c1-13(2)31-21-15(10-23)9-17(11-24-21)22-26-20(27-32-22)14-5-6-18-16(8-14)12-25-28(18)7-3-4-19(29)30/h5-6,8-9,11-13H,3-4,7H2,1-2H3,(H,29,30). The van der Waals surface area contributed by atoms with Gasteiger partial charge < -0.3 is 14.4 Å². The molecule has 1 aromatic carbocycles. The van der Waals surface area contributed by atoms with Gasteiger partial charge in [-0.15, -0.1) is 0 Å². The summed E-state index contributed by atoms with van der Waals surface area (Å²) in [4.78, 5) is 19.4. The van der Waals surface area contributed by atoms with Gasteiger partial charge in [-0.2, -0.15) is 15.3 Å². The maximum absolute atomic E-state index is 10.7. The molecule has 4 rings (SSSR count). The maximum Gasteiger partial charge on any atom is 0.303 e. The highest BCUT2D eigenvalue weighted by molar-refractivity contribution is 5.83. The number of aryl methyl sites for hydroxylation is 1. The molecule has 4 aromatic rings. The molecule has 0 aliphatic carbocycles. The SMILES string of the molecule is CC(C)Oc1ncc(-c2nc(-c3ccc4c(cnn4CCCC(=O)O)c3)no2)cc1C#N. The van der Waals surface area contributed by atoms with Crippen LogP contribution in [0.25, 0.3) is 33.7 Å². The van der Waals surface area contributed by atoms with E-state index in [1.54, 1.807) is 16.9 Å². The minimum Gasteiger partial charge on any atom is -0.481 e. The lowest BCUT2D eigenvalue weighted by atomic mass is 10.1. The highest BCUT2D eigenvalue weighted by atomic mass is 16.5. The van der Waals surface area contributed by atoms with Crippen LogP contribution in [-0.4, -0.2) is 42.1 Å². The molecule has 10 nitrogen and oxygen atoms in total. The predicted octanol–water partition coefficient (Wildman–Crippen LogP) is 3.67. The van der Waals surface area contributed by atoms with Gasteiger partial charge in [-0.05, 0) is 44.5 Å². The first kappa shape index (κ1) is 21.0. The van der Waals surface area contributed by atoms with Crippen molar-refractivity contribution in [3.63, 3.8) is 0 Å². The van der Waals surface area contributed by atoms with Crippen LogP contribution in [0.4, 0.5) is 0 Å². The minimum absolute atomic E-state index is 0.0953. The third-order valence-corrected chi connectivity index (χ3v) is 4.65. The van der Waals surface area contributed by atoms with Gasteiger partial charge in [0.15, 0.2) is 0 Å². The number of hydrogen-bond donors (Lipinski definition) is 1. The van der Waals surface area contributed by atoms with Crippen LogP contribution < -0.4 is 4.74 Å². The highest BCUT2D eigenvalue weighted by Crippen LogP contribution is 2.27. The van der Waals surface area contributed by atoms with E-state index in [0.29, 0.717) is 24.4 Å². The first-order valence-electron chi connectivity index (χ1n) is 10.0. The predicted molar refractivity (Wildman–Crippen MR) is 114 cm³/mol. The number of benzene rings is 1. The minimum atomic E-state index is -0.823. The van der Waals surface area contributed by atoms with Gasteiger partial charge in [0.05, 0.1) is 23.4 Å². The van der Waals surface area contributed by atoms with E-state index < -0.39 is 5.97 Å². The summed E-state index contributed by atoms with van der Waals surface area (Å²) in [6, 6.07) is 9.31. The summed E-state index contributed by atoms with van der Waals surface area (Å²) >= 11 is 0. The first-order valence-corrected chi connectivity index (χ1v) is 10.0. The van der Waals surface area contributed by atoms with Crippen molar-refractivity contribution in [1.29, 1.82) is 5.26 Å². The van der Waals surface area contributed by atoms with E-state index in [-0.39, 0.29) is 29.9 Å². The molecule has 1 N–H and O–H groups in total. The van der Waals surface area contributed by atoms with Crippen molar-refractivity contribution < 1.29 is 19.2 Å². The number of carboxylic acids is 1. The fourth-order valence-electron chi connectivity index (χ4n) is 3.21. The number of fused-ring (bicyclic) bond motifs is 1. The lowest BCUT2D eigenvalue weighted by Gasteiger charge is -2.09. The number of hydrogen-bond acceptors (Lipinski definition) is 8. The van der Waals surface area contributed by atoms with Crippen LogP contribution in [0.3, 0.4) is 0 Å². The molecule has 10 heteroatoms. The van der Waals surface area contributed by atoms with E-state index in [1.165, 1.54) is 6.20 Å². The number of aliphatic carboxylic acids is 1. The summed E-state index contributed by atoms with van der Waals surface area (Å²) in [7, 11) is 0. The third kappa shape index (κ3) is 4.41. The van der Waals surface area contributed by atoms with Gasteiger partial charge in [0.25, 0.3) is 5.89 Å². The van der Waals surface area contributed by atoms with E-state index in [0.717, 1.165) is 16.5 Å². The van der Waals surface area contributed by atoms with Gasteiger partial charge >= 0.3 is 5.97 Å². The molecule has 0 saturated carbocycles. The topological polar surface area (TPSA) is 140 Å². The van der Waals surface area contributed by atoms with Gasteiger partial charge in [0.2, 0.25) is 11.7 Å². The van der Waals surface area contributed by atoms with Crippen molar-refractivity contribution in [2.24, 2.45) is 0 Å². The average molecular weight is 432 g/mol. The summed E-state index contributed by atoms with van der Waals surface area (Å²) in [5.74, 6) is 0.0683. The van der Waals surface area contributed by atoms with Gasteiger partial charge in [0, 0.05) is 30.1 Å². The van der Waals surface area contributed by atoms with Crippen molar-refractivity contribution in [3.05, 3.63) is 42.2 Å². The largest absolute Gasteiger partial charge is 0.481 e. The van der Waals surface area contributed by atoms with E-state index in [2.05, 4.69) is 26.3 Å². The number of aromatic nitrogens is 5. The van der Waals surface area contributed by atoms with Crippen LogP contribution in [0.15, 0.2) is 41.2 Å². The molecule has 0 unspecified atom stereocenters. The molecule has 0 radical (unpaired) electrons. The summed E-state index contributed by atoms with van der Waals surface area (Å²) < 4.78 is 12.7. The van der Waals surface area contributed by atoms with Crippen LogP contribution in [0.5, 0.6) is 5.88 Å². The third-order valence-electron chi connectivity index (χ3n) is 4.65. The molecule has 0 aliphatic rings. The lowest BCUT2D eigenvalue weighted by Crippen LogP contribution is -2.08. The smallest absolute Gasteiger partial charge is 0.303 e. The van der Waals surface area contributed by atoms with Gasteiger partial charge in [0.1, 0.15) is 11.6 Å². The Hall–Kier alpha value is -4.26. The number of pyridine rings is 1. The lowest BCUT2D eigenvalue weighted by molar-refractivity contribution is -0.137. The molecule has 0 amide bonds. The molecular weight excluding hydrogens is 412 g/mol. The number of carbonyl (C=O) groups is 1. The molecule has 0 atom stereocenters. The Morgan fingerprint density at radius 2 is 2.12 bits per heavy atom. The molecule has 162 valence electrons. The Bertz CT molecular complexity index is 1320. The Labute approximate surface area is 183 Å². The van der Waals surface area contributed by atoms with Crippen LogP contribution in [0, 0.1) is 11.3 Å². The Morgan fingerprint density at radius 1 is 1.28 bits per heavy atom. The first-order chi connectivity index (χ1) is 15.4. The van der Waals surface area contributed by atoms with Crippen molar-refractivity contribution >= 4 is 16.9 Å². The van der Waals surface area contributed by atoms with Crippen LogP contribution in [-0.2, 0) is 11.3 Å². The second-order valence-corrected chi connectivity index (χ2v) is 7.42. The monoisotopic (exact) mass is 432 g/mol. The molecule has 3 aromatic heterocycles. The summed E-state index contributed by atoms with van der Waals surface area (Å²) in [6.45, 7) is 4.24. The zero-order valence-corrected chi connectivity index (χ0v) is 17.5. The number of ether oxygens (including phenoxy) is 1. The zero-order chi connectivity index (χ0) is 22.7. The Morgan fingerprint density at radius 3 is 2.88 bits per heavy atom. The van der Waals surface area contributed by atoms with Gasteiger partial charge in [-0.1, -0.05) is 5.16 Å². The molecule has 0 fully saturated rings. The summed E-state index contributed by atoms with van der Waals surface area (Å²) in [6.07, 6.45) is 3.74. The number of nitriles is 1. The normalized spacial score (nSPS) is 11.1. The fourth-order valence-corrected chi connectivity index (χ4v) is 3.21. The van der Waals surface area contributed by atoms with Crippen molar-refractivity contribution in [2.75, 3.05) is 0 Å². The summed E-state index contributed by atoms with van der Waals surface area (Å²) in [5.41, 5.74) is 2.44. The summed E-state index contributed by atoms with van der Waals surface area (Å²) in [5, 5.41) is 27.5. The molecule has 3 heterocycles. The van der Waals surface area contributed by atoms with E-state index in [4.69, 9.17) is 14.4 Å². The molecule has 0 saturated heterocycles. The molecule has 0 spiro atoms. The molecular formula is C22H20N6O4. The highest BCUT2D eigenvalue weighted by Gasteiger charge is 2.16. The molecule has 0 aliphatic heterocycles. The van der Waals surface area contributed by atoms with E-state index in [9.17, 15) is 10.1 Å². The Balaban J connectivity index is 1.57. The van der Waals surface area contributed by atoms with Crippen molar-refractivity contribution in [2.45, 2.75) is 39.3 Å². The molecule has 32 heavy (non-hydrogen) atoms. The fraction of sp³-hybridized carbons (Fsp3) is 0.273. The van der Waals surface area contributed by atoms with E-state index >= 15 is 0 Å². The van der Waals surface area contributed by atoms with Gasteiger partial charge in [-0.25, -0.2) is 4.98 Å². The number of carboxylic acid groups (broad SMARTS) is 1. The quantitative estimate of drug-likeness (QED) is 0.441. The zero-order valence-electron chi connectivity index (χ0n) is 17.5. The Kier molecular flexibility index (Phi) is 5.81. The van der Waals surface area contributed by atoms with E-state index in [1.807, 2.05) is 32.0 Å². The maximum atomic E-state index is 10.7. The van der Waals surface area contributed by atoms with Gasteiger partial charge in [-0.3, -0.25) is 9.48 Å². The molecule has 0 bridgehead atoms. The number of rotatable bonds is 8. The second-order valence-electron chi connectivity index (χ2n) is 7.42. The number of nitrogens with zero attached hydrogens (tertiary/aromatic N) is 6. The van der Waals surface area contributed by atoms with Crippen LogP contribution >= 0.6 is 0 Å².